The number of piperidine rings is 1. The number of nitrogens with one attached hydrogen (secondary N) is 1. The highest BCUT2D eigenvalue weighted by Gasteiger charge is 2.25. The summed E-state index contributed by atoms with van der Waals surface area (Å²) >= 11 is 1.45. The smallest absolute Gasteiger partial charge is 0.230 e. The first-order valence-electron chi connectivity index (χ1n) is 12.2. The minimum atomic E-state index is 0.0272. The minimum Gasteiger partial charge on any atom is -0.353 e. The first-order valence-corrected chi connectivity index (χ1v) is 13.2. The second kappa shape index (κ2) is 11.7. The van der Waals surface area contributed by atoms with Gasteiger partial charge in [0.1, 0.15) is 0 Å². The quantitative estimate of drug-likeness (QED) is 0.442. The molecular weight excluding hydrogens is 442 g/mol. The van der Waals surface area contributed by atoms with E-state index >= 15 is 0 Å². The predicted molar refractivity (Wildman–Crippen MR) is 139 cm³/mol. The molecule has 1 unspecified atom stereocenters. The summed E-state index contributed by atoms with van der Waals surface area (Å²) in [7, 11) is 0. The van der Waals surface area contributed by atoms with Crippen molar-refractivity contribution >= 4 is 17.7 Å². The molecular formula is C27H35N5OS. The summed E-state index contributed by atoms with van der Waals surface area (Å²) in [6.45, 7) is 10.0. The van der Waals surface area contributed by atoms with Gasteiger partial charge in [0, 0.05) is 18.7 Å². The molecule has 1 aliphatic rings. The molecule has 6 nitrogen and oxygen atoms in total. The molecule has 34 heavy (non-hydrogen) atoms. The van der Waals surface area contributed by atoms with Gasteiger partial charge >= 0.3 is 0 Å². The molecule has 1 fully saturated rings. The Bertz CT molecular complexity index is 1080. The molecule has 1 atom stereocenters. The van der Waals surface area contributed by atoms with Gasteiger partial charge < -0.3 is 9.88 Å². The van der Waals surface area contributed by atoms with E-state index in [1.165, 1.54) is 30.2 Å². The fraction of sp³-hybridized carbons (Fsp3) is 0.444. The highest BCUT2D eigenvalue weighted by Crippen LogP contribution is 2.28. The summed E-state index contributed by atoms with van der Waals surface area (Å²) in [5, 5.41) is 12.8. The lowest BCUT2D eigenvalue weighted by Crippen LogP contribution is -2.42. The molecule has 0 radical (unpaired) electrons. The van der Waals surface area contributed by atoms with Crippen LogP contribution in [-0.4, -0.2) is 51.0 Å². The third kappa shape index (κ3) is 5.88. The Morgan fingerprint density at radius 2 is 1.79 bits per heavy atom. The zero-order valence-electron chi connectivity index (χ0n) is 20.4. The van der Waals surface area contributed by atoms with E-state index in [0.717, 1.165) is 47.7 Å². The van der Waals surface area contributed by atoms with Crippen molar-refractivity contribution in [2.45, 2.75) is 51.4 Å². The Kier molecular flexibility index (Phi) is 8.40. The number of amides is 1. The van der Waals surface area contributed by atoms with Crippen LogP contribution in [0, 0.1) is 12.8 Å². The van der Waals surface area contributed by atoms with Crippen molar-refractivity contribution in [2.75, 3.05) is 25.4 Å². The molecule has 0 spiro atoms. The van der Waals surface area contributed by atoms with Crippen molar-refractivity contribution in [3.63, 3.8) is 0 Å². The topological polar surface area (TPSA) is 63.1 Å². The molecule has 180 valence electrons. The van der Waals surface area contributed by atoms with E-state index in [1.807, 2.05) is 18.2 Å². The van der Waals surface area contributed by atoms with Gasteiger partial charge in [-0.25, -0.2) is 0 Å². The average Bonchev–Trinajstić information content (AvgIpc) is 3.27. The lowest BCUT2D eigenvalue weighted by atomic mass is 9.95. The molecule has 1 N–H and O–H groups in total. The van der Waals surface area contributed by atoms with Crippen LogP contribution < -0.4 is 5.32 Å². The Balaban J connectivity index is 1.38. The van der Waals surface area contributed by atoms with E-state index in [2.05, 4.69) is 82.2 Å². The average molecular weight is 478 g/mol. The Labute approximate surface area is 207 Å². The molecule has 1 aliphatic heterocycles. The van der Waals surface area contributed by atoms with E-state index < -0.39 is 0 Å². The zero-order chi connectivity index (χ0) is 23.9. The molecule has 2 aromatic carbocycles. The number of hydrogen-bond donors (Lipinski definition) is 1. The van der Waals surface area contributed by atoms with Crippen LogP contribution in [0.3, 0.4) is 0 Å². The van der Waals surface area contributed by atoms with Gasteiger partial charge in [-0.15, -0.1) is 10.2 Å². The number of carbonyl (C=O) groups excluding carboxylic acids is 1. The lowest BCUT2D eigenvalue weighted by Gasteiger charge is -2.37. The van der Waals surface area contributed by atoms with Gasteiger partial charge in [0.25, 0.3) is 0 Å². The van der Waals surface area contributed by atoms with Gasteiger partial charge in [-0.2, -0.15) is 0 Å². The molecule has 3 aromatic rings. The van der Waals surface area contributed by atoms with Crippen molar-refractivity contribution in [2.24, 2.45) is 5.92 Å². The second-order valence-electron chi connectivity index (χ2n) is 9.10. The first-order chi connectivity index (χ1) is 16.6. The SMILES string of the molecule is CCn1c(SCC(=O)NCC(c2ccccc2)N2CCC(C)CC2)nnc1-c1ccccc1C. The summed E-state index contributed by atoms with van der Waals surface area (Å²) < 4.78 is 2.09. The lowest BCUT2D eigenvalue weighted by molar-refractivity contribution is -0.118. The van der Waals surface area contributed by atoms with Crippen LogP contribution in [0.15, 0.2) is 59.8 Å². The predicted octanol–water partition coefficient (Wildman–Crippen LogP) is 4.95. The maximum Gasteiger partial charge on any atom is 0.230 e. The number of aryl methyl sites for hydroxylation is 1. The van der Waals surface area contributed by atoms with E-state index in [4.69, 9.17) is 0 Å². The number of benzene rings is 2. The first kappa shape index (κ1) is 24.5. The van der Waals surface area contributed by atoms with Crippen LogP contribution >= 0.6 is 11.8 Å². The second-order valence-corrected chi connectivity index (χ2v) is 10.0. The molecule has 0 bridgehead atoms. The number of thioether (sulfide) groups is 1. The number of rotatable bonds is 9. The number of hydrogen-bond acceptors (Lipinski definition) is 5. The van der Waals surface area contributed by atoms with Crippen LogP contribution in [0.5, 0.6) is 0 Å². The number of likely N-dealkylation sites (tertiary alicyclic amines) is 1. The number of nitrogens with zero attached hydrogens (tertiary/aromatic N) is 4. The van der Waals surface area contributed by atoms with Gasteiger partial charge in [-0.05, 0) is 56.8 Å². The molecule has 2 heterocycles. The summed E-state index contributed by atoms with van der Waals surface area (Å²) in [4.78, 5) is 15.3. The molecule has 0 aliphatic carbocycles. The summed E-state index contributed by atoms with van der Waals surface area (Å²) in [5.41, 5.74) is 3.51. The maximum absolute atomic E-state index is 12.8. The fourth-order valence-corrected chi connectivity index (χ4v) is 5.40. The molecule has 0 saturated carbocycles. The third-order valence-corrected chi connectivity index (χ3v) is 7.65. The largest absolute Gasteiger partial charge is 0.353 e. The molecule has 7 heteroatoms. The molecule has 1 aromatic heterocycles. The highest BCUT2D eigenvalue weighted by atomic mass is 32.2. The van der Waals surface area contributed by atoms with E-state index in [1.54, 1.807) is 0 Å². The normalized spacial score (nSPS) is 15.9. The summed E-state index contributed by atoms with van der Waals surface area (Å²) in [5.74, 6) is 1.98. The summed E-state index contributed by atoms with van der Waals surface area (Å²) in [6, 6.07) is 18.9. The highest BCUT2D eigenvalue weighted by molar-refractivity contribution is 7.99. The Morgan fingerprint density at radius 3 is 2.50 bits per heavy atom. The Hall–Kier alpha value is -2.64. The van der Waals surface area contributed by atoms with Crippen molar-refractivity contribution in [1.29, 1.82) is 0 Å². The van der Waals surface area contributed by atoms with Crippen LogP contribution in [0.25, 0.3) is 11.4 Å². The molecule has 4 rings (SSSR count). The van der Waals surface area contributed by atoms with Crippen molar-refractivity contribution in [3.05, 3.63) is 65.7 Å². The fourth-order valence-electron chi connectivity index (χ4n) is 4.57. The van der Waals surface area contributed by atoms with E-state index in [9.17, 15) is 4.79 Å². The Morgan fingerprint density at radius 1 is 1.09 bits per heavy atom. The van der Waals surface area contributed by atoms with Gasteiger partial charge in [0.15, 0.2) is 11.0 Å². The maximum atomic E-state index is 12.8. The zero-order valence-corrected chi connectivity index (χ0v) is 21.2. The number of carbonyl (C=O) groups is 1. The number of aromatic nitrogens is 3. The molecule has 1 amide bonds. The van der Waals surface area contributed by atoms with Gasteiger partial charge in [-0.1, -0.05) is 73.3 Å². The van der Waals surface area contributed by atoms with Gasteiger partial charge in [0.2, 0.25) is 5.91 Å². The van der Waals surface area contributed by atoms with E-state index in [0.29, 0.717) is 12.3 Å². The van der Waals surface area contributed by atoms with Crippen molar-refractivity contribution in [1.82, 2.24) is 25.0 Å². The summed E-state index contributed by atoms with van der Waals surface area (Å²) in [6.07, 6.45) is 2.42. The molecule has 1 saturated heterocycles. The van der Waals surface area contributed by atoms with Crippen LogP contribution in [0.1, 0.15) is 43.9 Å². The van der Waals surface area contributed by atoms with Gasteiger partial charge in [-0.3, -0.25) is 9.69 Å². The van der Waals surface area contributed by atoms with Crippen molar-refractivity contribution in [3.8, 4) is 11.4 Å². The van der Waals surface area contributed by atoms with Crippen LogP contribution in [-0.2, 0) is 11.3 Å². The minimum absolute atomic E-state index is 0.0272. The monoisotopic (exact) mass is 477 g/mol. The third-order valence-electron chi connectivity index (χ3n) is 6.69. The van der Waals surface area contributed by atoms with Gasteiger partial charge in [0.05, 0.1) is 11.8 Å². The van der Waals surface area contributed by atoms with Crippen LogP contribution in [0.4, 0.5) is 0 Å². The van der Waals surface area contributed by atoms with Crippen LogP contribution in [0.2, 0.25) is 0 Å². The van der Waals surface area contributed by atoms with Crippen molar-refractivity contribution < 1.29 is 4.79 Å². The van der Waals surface area contributed by atoms with E-state index in [-0.39, 0.29) is 11.9 Å². The standard InChI is InChI=1S/C27H35N5OS/c1-4-32-26(23-13-9-8-10-21(23)3)29-30-27(32)34-19-25(33)28-18-24(22-11-6-5-7-12-22)31-16-14-20(2)15-17-31/h5-13,20,24H,4,14-19H2,1-3H3,(H,28,33).